The Kier molecular flexibility index (Phi) is 5.81. The minimum atomic E-state index is -0.801. The molecule has 0 unspecified atom stereocenters. The van der Waals surface area contributed by atoms with Crippen LogP contribution in [0.25, 0.3) is 0 Å². The summed E-state index contributed by atoms with van der Waals surface area (Å²) >= 11 is 0.916. The molecule has 0 spiro atoms. The number of thiophene rings is 1. The third-order valence-corrected chi connectivity index (χ3v) is 5.94. The molecule has 0 radical (unpaired) electrons. The predicted molar refractivity (Wildman–Crippen MR) is 90.5 cm³/mol. The van der Waals surface area contributed by atoms with Gasteiger partial charge in [-0.15, -0.1) is 11.3 Å². The average molecular weight is 373 g/mol. The Bertz CT molecular complexity index is 695. The normalized spacial score (nSPS) is 17.9. The van der Waals surface area contributed by atoms with Crippen LogP contribution in [0.4, 0.5) is 13.2 Å². The van der Waals surface area contributed by atoms with Gasteiger partial charge in [-0.2, -0.15) is 9.49 Å². The van der Waals surface area contributed by atoms with Crippen LogP contribution >= 0.6 is 11.3 Å². The lowest BCUT2D eigenvalue weighted by molar-refractivity contribution is -0.0923. The second-order valence-corrected chi connectivity index (χ2v) is 7.37. The molecule has 0 atom stereocenters. The summed E-state index contributed by atoms with van der Waals surface area (Å²) in [6, 6.07) is 1.22. The fourth-order valence-corrected chi connectivity index (χ4v) is 4.49. The van der Waals surface area contributed by atoms with Gasteiger partial charge in [0.15, 0.2) is 5.13 Å². The number of alkyl halides is 2. The second-order valence-electron chi connectivity index (χ2n) is 6.37. The van der Waals surface area contributed by atoms with E-state index in [1.54, 1.807) is 0 Å². The van der Waals surface area contributed by atoms with Gasteiger partial charge in [-0.25, -0.2) is 8.78 Å². The van der Waals surface area contributed by atoms with Crippen molar-refractivity contribution in [2.24, 2.45) is 0 Å². The molecule has 2 aromatic heterocycles. The van der Waals surface area contributed by atoms with E-state index >= 15 is 0 Å². The number of aromatic amines is 1. The topological polar surface area (TPSA) is 41.2 Å². The van der Waals surface area contributed by atoms with E-state index in [0.717, 1.165) is 29.1 Å². The minimum Gasteiger partial charge on any atom is -0.367 e. The van der Waals surface area contributed by atoms with Gasteiger partial charge in [0.25, 0.3) is 0 Å². The predicted octanol–water partition coefficient (Wildman–Crippen LogP) is 3.87. The van der Waals surface area contributed by atoms with E-state index in [0.29, 0.717) is 36.4 Å². The molecule has 1 N–H and O–H groups in total. The Labute approximate surface area is 149 Å². The molecule has 1 saturated heterocycles. The van der Waals surface area contributed by atoms with Crippen LogP contribution in [-0.4, -0.2) is 41.5 Å². The molecule has 0 saturated carbocycles. The number of aryl methyl sites for hydroxylation is 1. The van der Waals surface area contributed by atoms with E-state index in [9.17, 15) is 13.2 Å². The third kappa shape index (κ3) is 3.91. The van der Waals surface area contributed by atoms with E-state index in [2.05, 4.69) is 15.1 Å². The van der Waals surface area contributed by atoms with E-state index in [4.69, 9.17) is 4.74 Å². The highest BCUT2D eigenvalue weighted by Gasteiger charge is 2.40. The van der Waals surface area contributed by atoms with Crippen molar-refractivity contribution in [2.75, 3.05) is 26.4 Å². The maximum Gasteiger partial charge on any atom is 0.177 e. The van der Waals surface area contributed by atoms with Crippen LogP contribution in [0, 0.1) is 12.1 Å². The van der Waals surface area contributed by atoms with E-state index < -0.39 is 24.1 Å². The number of H-pyrrole nitrogens is 1. The molecule has 0 aliphatic carbocycles. The minimum absolute atomic E-state index is 0.0634. The first-order valence-electron chi connectivity index (χ1n) is 8.34. The molecule has 1 aliphatic heterocycles. The number of hydrogen-bond acceptors (Lipinski definition) is 4. The lowest BCUT2D eigenvalue weighted by Gasteiger charge is -2.41. The van der Waals surface area contributed by atoms with Crippen molar-refractivity contribution in [1.82, 2.24) is 15.1 Å². The number of nitrogens with zero attached hydrogens (tertiary/aromatic N) is 2. The Morgan fingerprint density at radius 2 is 2.08 bits per heavy atom. The van der Waals surface area contributed by atoms with Crippen molar-refractivity contribution < 1.29 is 17.9 Å². The van der Waals surface area contributed by atoms with Crippen LogP contribution in [0.3, 0.4) is 0 Å². The molecule has 0 bridgehead atoms. The number of nitrogens with one attached hydrogen (secondary N) is 1. The summed E-state index contributed by atoms with van der Waals surface area (Å²) < 4.78 is 45.5. The smallest absolute Gasteiger partial charge is 0.177 e. The van der Waals surface area contributed by atoms with Gasteiger partial charge in [0.05, 0.1) is 12.8 Å². The third-order valence-electron chi connectivity index (χ3n) is 4.78. The zero-order valence-corrected chi connectivity index (χ0v) is 15.0. The maximum absolute atomic E-state index is 13.7. The first kappa shape index (κ1) is 18.4. The molecule has 138 valence electrons. The molecule has 1 aliphatic rings. The summed E-state index contributed by atoms with van der Waals surface area (Å²) in [7, 11) is 0. The highest BCUT2D eigenvalue weighted by Crippen LogP contribution is 2.43. The van der Waals surface area contributed by atoms with Gasteiger partial charge in [0, 0.05) is 41.3 Å². The van der Waals surface area contributed by atoms with E-state index in [1.807, 2.05) is 13.1 Å². The van der Waals surface area contributed by atoms with E-state index in [-0.39, 0.29) is 6.61 Å². The zero-order chi connectivity index (χ0) is 17.9. The first-order valence-corrected chi connectivity index (χ1v) is 9.15. The maximum atomic E-state index is 13.7. The Hall–Kier alpha value is -1.38. The SMILES string of the molecule is Cc1[nH]ncc1CN1CCC(OCCF)(c2sc(F)cc2CF)CC1. The van der Waals surface area contributed by atoms with Crippen molar-refractivity contribution in [3.05, 3.63) is 39.1 Å². The van der Waals surface area contributed by atoms with Crippen molar-refractivity contribution >= 4 is 11.3 Å². The Balaban J connectivity index is 1.76. The molecule has 3 rings (SSSR count). The summed E-state index contributed by atoms with van der Waals surface area (Å²) in [6.07, 6.45) is 2.97. The van der Waals surface area contributed by atoms with Crippen molar-refractivity contribution in [3.63, 3.8) is 0 Å². The molecule has 0 amide bonds. The van der Waals surface area contributed by atoms with Crippen LogP contribution in [0.2, 0.25) is 0 Å². The van der Waals surface area contributed by atoms with Crippen LogP contribution < -0.4 is 0 Å². The monoisotopic (exact) mass is 373 g/mol. The number of piperidine rings is 1. The lowest BCUT2D eigenvalue weighted by atomic mass is 9.87. The molecule has 25 heavy (non-hydrogen) atoms. The van der Waals surface area contributed by atoms with Gasteiger partial charge >= 0.3 is 0 Å². The van der Waals surface area contributed by atoms with Crippen LogP contribution in [0.15, 0.2) is 12.3 Å². The van der Waals surface area contributed by atoms with Gasteiger partial charge in [0.1, 0.15) is 19.0 Å². The van der Waals surface area contributed by atoms with E-state index in [1.165, 1.54) is 6.07 Å². The molecular formula is C17H22F3N3OS. The number of ether oxygens (including phenoxy) is 1. The fraction of sp³-hybridized carbons (Fsp3) is 0.588. The van der Waals surface area contributed by atoms with Crippen LogP contribution in [-0.2, 0) is 23.6 Å². The number of rotatable bonds is 7. The number of likely N-dealkylation sites (tertiary alicyclic amines) is 1. The Morgan fingerprint density at radius 1 is 1.32 bits per heavy atom. The summed E-state index contributed by atoms with van der Waals surface area (Å²) in [5.41, 5.74) is 1.68. The van der Waals surface area contributed by atoms with Gasteiger partial charge < -0.3 is 4.74 Å². The largest absolute Gasteiger partial charge is 0.367 e. The molecule has 8 heteroatoms. The molecule has 3 heterocycles. The molecule has 2 aromatic rings. The molecular weight excluding hydrogens is 351 g/mol. The number of hydrogen-bond donors (Lipinski definition) is 1. The summed E-state index contributed by atoms with van der Waals surface area (Å²) in [6.45, 7) is 2.74. The first-order chi connectivity index (χ1) is 12.1. The number of aromatic nitrogens is 2. The standard InChI is InChI=1S/C17H22F3N3OS/c1-12-14(10-21-22-12)11-23-5-2-17(3-6-23,24-7-4-18)16-13(9-19)8-15(20)25-16/h8,10H,2-7,9,11H2,1H3,(H,21,22). The van der Waals surface area contributed by atoms with Gasteiger partial charge in [-0.1, -0.05) is 0 Å². The van der Waals surface area contributed by atoms with Crippen molar-refractivity contribution in [1.29, 1.82) is 0 Å². The summed E-state index contributed by atoms with van der Waals surface area (Å²) in [5.74, 6) is 0. The average Bonchev–Trinajstić information content (AvgIpc) is 3.20. The van der Waals surface area contributed by atoms with Crippen LogP contribution in [0.5, 0.6) is 0 Å². The lowest BCUT2D eigenvalue weighted by Crippen LogP contribution is -2.44. The highest BCUT2D eigenvalue weighted by molar-refractivity contribution is 7.10. The molecule has 1 fully saturated rings. The summed E-state index contributed by atoms with van der Waals surface area (Å²) in [4.78, 5) is 2.83. The van der Waals surface area contributed by atoms with Gasteiger partial charge in [0.2, 0.25) is 0 Å². The fourth-order valence-electron chi connectivity index (χ4n) is 3.40. The Morgan fingerprint density at radius 3 is 2.68 bits per heavy atom. The van der Waals surface area contributed by atoms with Crippen LogP contribution in [0.1, 0.15) is 34.5 Å². The highest BCUT2D eigenvalue weighted by atomic mass is 32.1. The zero-order valence-electron chi connectivity index (χ0n) is 14.2. The molecule has 4 nitrogen and oxygen atoms in total. The van der Waals surface area contributed by atoms with Gasteiger partial charge in [-0.05, 0) is 25.8 Å². The quantitative estimate of drug-likeness (QED) is 0.801. The summed E-state index contributed by atoms with van der Waals surface area (Å²) in [5, 5.41) is 6.52. The van der Waals surface area contributed by atoms with Crippen molar-refractivity contribution in [2.45, 2.75) is 38.6 Å². The van der Waals surface area contributed by atoms with Gasteiger partial charge in [-0.3, -0.25) is 10.00 Å². The number of halogens is 3. The second kappa shape index (κ2) is 7.88. The molecule has 0 aromatic carbocycles. The van der Waals surface area contributed by atoms with Crippen molar-refractivity contribution in [3.8, 4) is 0 Å².